The maximum atomic E-state index is 12.0. The van der Waals surface area contributed by atoms with E-state index in [9.17, 15) is 9.59 Å². The van der Waals surface area contributed by atoms with E-state index in [4.69, 9.17) is 10.5 Å². The number of para-hydroxylation sites is 1. The van der Waals surface area contributed by atoms with Gasteiger partial charge >= 0.3 is 6.09 Å². The first-order valence-electron chi connectivity index (χ1n) is 8.10. The van der Waals surface area contributed by atoms with Crippen molar-refractivity contribution in [1.82, 2.24) is 9.88 Å². The second-order valence-electron chi connectivity index (χ2n) is 6.66. The highest BCUT2D eigenvalue weighted by Gasteiger charge is 2.16. The summed E-state index contributed by atoms with van der Waals surface area (Å²) in [4.78, 5) is 23.6. The quantitative estimate of drug-likeness (QED) is 0.629. The molecule has 130 valence electrons. The summed E-state index contributed by atoms with van der Waals surface area (Å²) in [7, 11) is 0. The Balaban J connectivity index is 1.98. The minimum Gasteiger partial charge on any atom is -0.444 e. The zero-order chi connectivity index (χ0) is 17.7. The van der Waals surface area contributed by atoms with Gasteiger partial charge in [-0.1, -0.05) is 18.2 Å². The number of carbonyl (C=O) groups excluding carboxylic acids is 2. The zero-order valence-corrected chi connectivity index (χ0v) is 14.5. The van der Waals surface area contributed by atoms with E-state index >= 15 is 0 Å². The third kappa shape index (κ3) is 4.58. The highest BCUT2D eigenvalue weighted by Crippen LogP contribution is 2.21. The molecule has 2 rings (SSSR count). The number of carbonyl (C=O) groups is 2. The van der Waals surface area contributed by atoms with Gasteiger partial charge in [0.25, 0.3) is 0 Å². The highest BCUT2D eigenvalue weighted by molar-refractivity contribution is 6.08. The summed E-state index contributed by atoms with van der Waals surface area (Å²) in [5.74, 6) is -0.0724. The fraction of sp³-hybridized carbons (Fsp3) is 0.444. The molecule has 3 N–H and O–H groups in total. The van der Waals surface area contributed by atoms with Crippen LogP contribution in [0, 0.1) is 0 Å². The molecule has 0 saturated carbocycles. The lowest BCUT2D eigenvalue weighted by molar-refractivity contribution is 0.0526. The average molecular weight is 331 g/mol. The molecule has 0 aliphatic heterocycles. The lowest BCUT2D eigenvalue weighted by Gasteiger charge is -2.19. The van der Waals surface area contributed by atoms with Crippen molar-refractivity contribution in [3.63, 3.8) is 0 Å². The van der Waals surface area contributed by atoms with E-state index in [2.05, 4.69) is 5.32 Å². The Bertz CT molecular complexity index is 729. The van der Waals surface area contributed by atoms with Crippen LogP contribution in [0.3, 0.4) is 0 Å². The number of alkyl carbamates (subject to hydrolysis) is 1. The number of nitrogens with two attached hydrogens (primary N) is 1. The van der Waals surface area contributed by atoms with E-state index in [0.717, 1.165) is 17.3 Å². The molecule has 0 atom stereocenters. The summed E-state index contributed by atoms with van der Waals surface area (Å²) in [6, 6.07) is 7.75. The number of benzene rings is 1. The molecule has 6 heteroatoms. The van der Waals surface area contributed by atoms with Crippen LogP contribution in [0.15, 0.2) is 30.5 Å². The first kappa shape index (κ1) is 18.0. The monoisotopic (exact) mass is 331 g/mol. The summed E-state index contributed by atoms with van der Waals surface area (Å²) in [6.45, 7) is 6.67. The van der Waals surface area contributed by atoms with Crippen molar-refractivity contribution in [3.8, 4) is 0 Å². The molecule has 0 saturated heterocycles. The van der Waals surface area contributed by atoms with Gasteiger partial charge in [0.15, 0.2) is 5.78 Å². The van der Waals surface area contributed by atoms with Crippen LogP contribution in [0.2, 0.25) is 0 Å². The average Bonchev–Trinajstić information content (AvgIpc) is 2.88. The number of Topliss-reactive ketones (excluding diaryl/α,β-unsaturated/α-hetero) is 1. The van der Waals surface area contributed by atoms with Gasteiger partial charge < -0.3 is 20.4 Å². The molecule has 0 fully saturated rings. The lowest BCUT2D eigenvalue weighted by atomic mass is 10.1. The first-order valence-corrected chi connectivity index (χ1v) is 8.10. The molecule has 0 bridgehead atoms. The van der Waals surface area contributed by atoms with Gasteiger partial charge in [0.2, 0.25) is 0 Å². The number of nitrogens with zero attached hydrogens (tertiary/aromatic N) is 1. The number of hydrogen-bond donors (Lipinski definition) is 2. The number of ketones is 1. The highest BCUT2D eigenvalue weighted by atomic mass is 16.6. The van der Waals surface area contributed by atoms with Crippen molar-refractivity contribution in [3.05, 3.63) is 36.0 Å². The molecule has 2 aromatic rings. The Morgan fingerprint density at radius 2 is 1.96 bits per heavy atom. The van der Waals surface area contributed by atoms with Crippen LogP contribution in [0.4, 0.5) is 4.79 Å². The normalized spacial score (nSPS) is 11.5. The molecular formula is C18H25N3O3. The molecule has 0 unspecified atom stereocenters. The second-order valence-corrected chi connectivity index (χ2v) is 6.66. The zero-order valence-electron chi connectivity index (χ0n) is 14.5. The molecule has 0 aliphatic rings. The lowest BCUT2D eigenvalue weighted by Crippen LogP contribution is -2.33. The van der Waals surface area contributed by atoms with E-state index in [1.807, 2.05) is 55.8 Å². The smallest absolute Gasteiger partial charge is 0.407 e. The topological polar surface area (TPSA) is 86.3 Å². The first-order chi connectivity index (χ1) is 11.3. The SMILES string of the molecule is CC(C)(C)OC(=O)NCCCn1cc(C(=O)CN)c2ccccc21. The van der Waals surface area contributed by atoms with Gasteiger partial charge in [-0.05, 0) is 33.3 Å². The summed E-state index contributed by atoms with van der Waals surface area (Å²) in [5, 5.41) is 3.65. The van der Waals surface area contributed by atoms with Gasteiger partial charge in [-0.2, -0.15) is 0 Å². The predicted octanol–water partition coefficient (Wildman–Crippen LogP) is 2.70. The Labute approximate surface area is 142 Å². The number of rotatable bonds is 6. The van der Waals surface area contributed by atoms with Crippen LogP contribution in [0.25, 0.3) is 10.9 Å². The van der Waals surface area contributed by atoms with Crippen LogP contribution in [0.1, 0.15) is 37.6 Å². The largest absolute Gasteiger partial charge is 0.444 e. The second kappa shape index (κ2) is 7.49. The third-order valence-corrected chi connectivity index (χ3v) is 3.52. The number of ether oxygens (including phenoxy) is 1. The molecule has 1 aromatic heterocycles. The van der Waals surface area contributed by atoms with Crippen molar-refractivity contribution in [1.29, 1.82) is 0 Å². The molecular weight excluding hydrogens is 306 g/mol. The number of amides is 1. The van der Waals surface area contributed by atoms with Gasteiger partial charge in [0.05, 0.1) is 6.54 Å². The van der Waals surface area contributed by atoms with Gasteiger partial charge in [-0.3, -0.25) is 4.79 Å². The summed E-state index contributed by atoms with van der Waals surface area (Å²) in [6.07, 6.45) is 2.15. The van der Waals surface area contributed by atoms with E-state index in [0.29, 0.717) is 18.7 Å². The van der Waals surface area contributed by atoms with Crippen LogP contribution in [-0.4, -0.2) is 35.1 Å². The van der Waals surface area contributed by atoms with E-state index in [1.165, 1.54) is 0 Å². The van der Waals surface area contributed by atoms with Gasteiger partial charge in [-0.25, -0.2) is 4.79 Å². The minimum atomic E-state index is -0.502. The predicted molar refractivity (Wildman–Crippen MR) is 94.2 cm³/mol. The Morgan fingerprint density at radius 1 is 1.25 bits per heavy atom. The van der Waals surface area contributed by atoms with E-state index in [-0.39, 0.29) is 12.3 Å². The Kier molecular flexibility index (Phi) is 5.62. The van der Waals surface area contributed by atoms with Crippen molar-refractivity contribution < 1.29 is 14.3 Å². The molecule has 0 spiro atoms. The maximum absolute atomic E-state index is 12.0. The molecule has 1 aromatic carbocycles. The fourth-order valence-corrected chi connectivity index (χ4v) is 2.52. The molecule has 0 radical (unpaired) electrons. The Hall–Kier alpha value is -2.34. The molecule has 1 amide bonds. The summed E-state index contributed by atoms with van der Waals surface area (Å²) >= 11 is 0. The van der Waals surface area contributed by atoms with Crippen LogP contribution in [0.5, 0.6) is 0 Å². The standard InChI is InChI=1S/C18H25N3O3/c1-18(2,3)24-17(23)20-9-6-10-21-12-14(16(22)11-19)13-7-4-5-8-15(13)21/h4-5,7-8,12H,6,9-11,19H2,1-3H3,(H,20,23). The maximum Gasteiger partial charge on any atom is 0.407 e. The number of aryl methyl sites for hydroxylation is 1. The number of hydrogen-bond acceptors (Lipinski definition) is 4. The number of fused-ring (bicyclic) bond motifs is 1. The van der Waals surface area contributed by atoms with Crippen molar-refractivity contribution >= 4 is 22.8 Å². The minimum absolute atomic E-state index is 0.00575. The van der Waals surface area contributed by atoms with Crippen LogP contribution < -0.4 is 11.1 Å². The van der Waals surface area contributed by atoms with E-state index in [1.54, 1.807) is 0 Å². The fourth-order valence-electron chi connectivity index (χ4n) is 2.52. The van der Waals surface area contributed by atoms with Crippen molar-refractivity contribution in [2.45, 2.75) is 39.3 Å². The third-order valence-electron chi connectivity index (χ3n) is 3.52. The van der Waals surface area contributed by atoms with Crippen molar-refractivity contribution in [2.75, 3.05) is 13.1 Å². The van der Waals surface area contributed by atoms with Gasteiger partial charge in [0, 0.05) is 35.8 Å². The number of nitrogens with one attached hydrogen (secondary N) is 1. The summed E-state index contributed by atoms with van der Waals surface area (Å²) in [5.41, 5.74) is 6.63. The molecule has 6 nitrogen and oxygen atoms in total. The van der Waals surface area contributed by atoms with Gasteiger partial charge in [0.1, 0.15) is 5.60 Å². The number of aromatic nitrogens is 1. The van der Waals surface area contributed by atoms with Crippen LogP contribution >= 0.6 is 0 Å². The molecule has 1 heterocycles. The van der Waals surface area contributed by atoms with Crippen molar-refractivity contribution in [2.24, 2.45) is 5.73 Å². The van der Waals surface area contributed by atoms with Crippen LogP contribution in [-0.2, 0) is 11.3 Å². The van der Waals surface area contributed by atoms with Gasteiger partial charge in [-0.15, -0.1) is 0 Å². The van der Waals surface area contributed by atoms with E-state index < -0.39 is 11.7 Å². The molecule has 24 heavy (non-hydrogen) atoms. The molecule has 0 aliphatic carbocycles. The summed E-state index contributed by atoms with van der Waals surface area (Å²) < 4.78 is 7.22. The Morgan fingerprint density at radius 3 is 2.62 bits per heavy atom.